The van der Waals surface area contributed by atoms with Gasteiger partial charge in [0.1, 0.15) is 0 Å². The van der Waals surface area contributed by atoms with Crippen LogP contribution in [0.25, 0.3) is 0 Å². The molecule has 0 bridgehead atoms. The number of alkyl halides is 3. The summed E-state index contributed by atoms with van der Waals surface area (Å²) in [6.45, 7) is 0.610. The third-order valence-corrected chi connectivity index (χ3v) is 4.54. The lowest BCUT2D eigenvalue weighted by molar-refractivity contribution is -0.137. The Labute approximate surface area is 176 Å². The molecular weight excluding hydrogens is 413 g/mol. The Morgan fingerprint density at radius 2 is 1.52 bits per heavy atom. The van der Waals surface area contributed by atoms with Crippen LogP contribution in [0, 0.1) is 5.92 Å². The molecule has 0 saturated heterocycles. The minimum absolute atomic E-state index is 0.000750. The van der Waals surface area contributed by atoms with E-state index in [0.29, 0.717) is 17.8 Å². The summed E-state index contributed by atoms with van der Waals surface area (Å²) in [5.41, 5.74) is -0.681. The lowest BCUT2D eigenvalue weighted by Crippen LogP contribution is -2.35. The minimum Gasteiger partial charge on any atom is -0.354 e. The second-order valence-electron chi connectivity index (χ2n) is 7.02. The van der Waals surface area contributed by atoms with Gasteiger partial charge in [-0.05, 0) is 49.2 Å². The summed E-state index contributed by atoms with van der Waals surface area (Å²) in [7, 11) is 0. The van der Waals surface area contributed by atoms with Crippen molar-refractivity contribution in [3.05, 3.63) is 59.7 Å². The van der Waals surface area contributed by atoms with Crippen LogP contribution in [-0.2, 0) is 11.0 Å². The third-order valence-electron chi connectivity index (χ3n) is 4.54. The van der Waals surface area contributed by atoms with Crippen LogP contribution in [0.3, 0.4) is 0 Å². The first-order valence-corrected chi connectivity index (χ1v) is 9.64. The lowest BCUT2D eigenvalue weighted by Gasteiger charge is -2.14. The molecule has 1 saturated carbocycles. The molecule has 0 heterocycles. The minimum atomic E-state index is -4.60. The monoisotopic (exact) mass is 434 g/mol. The normalized spacial score (nSPS) is 13.3. The molecule has 164 valence electrons. The molecule has 31 heavy (non-hydrogen) atoms. The van der Waals surface area contributed by atoms with E-state index in [1.165, 1.54) is 36.4 Å². The Hall–Kier alpha value is -3.56. The van der Waals surface area contributed by atoms with Gasteiger partial charge in [0.2, 0.25) is 5.91 Å². The van der Waals surface area contributed by atoms with Crippen LogP contribution < -0.4 is 21.3 Å². The fourth-order valence-electron chi connectivity index (χ4n) is 2.78. The summed E-state index contributed by atoms with van der Waals surface area (Å²) < 4.78 is 39.0. The van der Waals surface area contributed by atoms with Crippen molar-refractivity contribution in [3.63, 3.8) is 0 Å². The molecule has 1 aliphatic carbocycles. The summed E-state index contributed by atoms with van der Waals surface area (Å²) >= 11 is 0. The number of amides is 4. The fraction of sp³-hybridized carbons (Fsp3) is 0.286. The van der Waals surface area contributed by atoms with Crippen LogP contribution in [0.1, 0.15) is 28.8 Å². The highest BCUT2D eigenvalue weighted by Gasteiger charge is 2.33. The molecule has 4 N–H and O–H groups in total. The molecule has 4 amide bonds. The van der Waals surface area contributed by atoms with E-state index < -0.39 is 17.8 Å². The van der Waals surface area contributed by atoms with Crippen molar-refractivity contribution in [1.29, 1.82) is 0 Å². The summed E-state index contributed by atoms with van der Waals surface area (Å²) in [6.07, 6.45) is -2.78. The number of halogens is 3. The molecule has 0 aromatic heterocycles. The molecule has 2 aromatic rings. The topological polar surface area (TPSA) is 99.3 Å². The van der Waals surface area contributed by atoms with Crippen molar-refractivity contribution in [3.8, 4) is 0 Å². The maximum absolute atomic E-state index is 13.0. The molecular formula is C21H21F3N4O3. The second kappa shape index (κ2) is 9.50. The second-order valence-corrected chi connectivity index (χ2v) is 7.02. The summed E-state index contributed by atoms with van der Waals surface area (Å²) in [5, 5.41) is 10.00. The molecule has 2 aromatic carbocycles. The summed E-state index contributed by atoms with van der Waals surface area (Å²) in [6, 6.07) is 9.66. The zero-order valence-electron chi connectivity index (χ0n) is 16.4. The molecule has 7 nitrogen and oxygen atoms in total. The van der Waals surface area contributed by atoms with Crippen molar-refractivity contribution < 1.29 is 27.6 Å². The number of nitrogens with one attached hydrogen (secondary N) is 4. The Balaban J connectivity index is 1.48. The number of para-hydroxylation sites is 1. The maximum Gasteiger partial charge on any atom is 0.418 e. The van der Waals surface area contributed by atoms with E-state index in [9.17, 15) is 27.6 Å². The predicted molar refractivity (Wildman–Crippen MR) is 109 cm³/mol. The van der Waals surface area contributed by atoms with E-state index in [4.69, 9.17) is 0 Å². The Kier molecular flexibility index (Phi) is 6.78. The summed E-state index contributed by atoms with van der Waals surface area (Å²) in [5.74, 6) is -0.244. The SMILES string of the molecule is O=C(Nc1ccc(C(=O)NCCNC(=O)C2CC2)cc1)Nc1ccccc1C(F)(F)F. The van der Waals surface area contributed by atoms with Crippen molar-refractivity contribution in [2.75, 3.05) is 23.7 Å². The first kappa shape index (κ1) is 22.1. The van der Waals surface area contributed by atoms with Gasteiger partial charge in [-0.15, -0.1) is 0 Å². The molecule has 0 spiro atoms. The zero-order valence-corrected chi connectivity index (χ0v) is 16.4. The van der Waals surface area contributed by atoms with Crippen molar-refractivity contribution in [2.45, 2.75) is 19.0 Å². The number of carbonyl (C=O) groups is 3. The van der Waals surface area contributed by atoms with Gasteiger partial charge in [0, 0.05) is 30.3 Å². The number of anilines is 2. The Bertz CT molecular complexity index is 957. The van der Waals surface area contributed by atoms with Gasteiger partial charge in [-0.1, -0.05) is 12.1 Å². The largest absolute Gasteiger partial charge is 0.418 e. The Morgan fingerprint density at radius 3 is 2.16 bits per heavy atom. The number of hydrogen-bond donors (Lipinski definition) is 4. The Morgan fingerprint density at radius 1 is 0.871 bits per heavy atom. The molecule has 1 aliphatic rings. The number of benzene rings is 2. The molecule has 10 heteroatoms. The van der Waals surface area contributed by atoms with E-state index in [1.54, 1.807) is 0 Å². The van der Waals surface area contributed by atoms with Gasteiger partial charge in [-0.25, -0.2) is 4.79 Å². The van der Waals surface area contributed by atoms with Gasteiger partial charge in [0.05, 0.1) is 11.3 Å². The van der Waals surface area contributed by atoms with E-state index in [0.717, 1.165) is 25.0 Å². The van der Waals surface area contributed by atoms with E-state index in [2.05, 4.69) is 21.3 Å². The highest BCUT2D eigenvalue weighted by atomic mass is 19.4. The first-order valence-electron chi connectivity index (χ1n) is 9.64. The summed E-state index contributed by atoms with van der Waals surface area (Å²) in [4.78, 5) is 35.7. The van der Waals surface area contributed by atoms with Gasteiger partial charge in [0.25, 0.3) is 5.91 Å². The van der Waals surface area contributed by atoms with Gasteiger partial charge in [-0.3, -0.25) is 9.59 Å². The smallest absolute Gasteiger partial charge is 0.354 e. The van der Waals surface area contributed by atoms with Gasteiger partial charge < -0.3 is 21.3 Å². The van der Waals surface area contributed by atoms with E-state index in [-0.39, 0.29) is 30.0 Å². The molecule has 3 rings (SSSR count). The van der Waals surface area contributed by atoms with Gasteiger partial charge in [0.15, 0.2) is 0 Å². The van der Waals surface area contributed by atoms with Crippen LogP contribution in [0.2, 0.25) is 0 Å². The van der Waals surface area contributed by atoms with Crippen LogP contribution in [-0.4, -0.2) is 30.9 Å². The van der Waals surface area contributed by atoms with Crippen LogP contribution >= 0.6 is 0 Å². The highest BCUT2D eigenvalue weighted by molar-refractivity contribution is 6.01. The third kappa shape index (κ3) is 6.46. The average Bonchev–Trinajstić information content (AvgIpc) is 3.56. The van der Waals surface area contributed by atoms with Crippen molar-refractivity contribution >= 4 is 29.2 Å². The van der Waals surface area contributed by atoms with Crippen molar-refractivity contribution in [1.82, 2.24) is 10.6 Å². The standard InChI is InChI=1S/C21H21F3N4O3/c22-21(23,24)16-3-1-2-4-17(16)28-20(31)27-15-9-7-14(8-10-15)19(30)26-12-11-25-18(29)13-5-6-13/h1-4,7-10,13H,5-6,11-12H2,(H,25,29)(H,26,30)(H2,27,28,31). The van der Waals surface area contributed by atoms with E-state index >= 15 is 0 Å². The fourth-order valence-corrected chi connectivity index (χ4v) is 2.78. The molecule has 0 aliphatic heterocycles. The molecule has 0 unspecified atom stereocenters. The zero-order chi connectivity index (χ0) is 22.4. The van der Waals surface area contributed by atoms with Crippen LogP contribution in [0.4, 0.5) is 29.3 Å². The average molecular weight is 434 g/mol. The predicted octanol–water partition coefficient (Wildman–Crippen LogP) is 3.61. The maximum atomic E-state index is 13.0. The van der Waals surface area contributed by atoms with Gasteiger partial charge in [-0.2, -0.15) is 13.2 Å². The number of hydrogen-bond acceptors (Lipinski definition) is 3. The van der Waals surface area contributed by atoms with Crippen molar-refractivity contribution in [2.24, 2.45) is 5.92 Å². The number of rotatable bonds is 7. The number of carbonyl (C=O) groups excluding carboxylic acids is 3. The number of urea groups is 1. The highest BCUT2D eigenvalue weighted by Crippen LogP contribution is 2.34. The van der Waals surface area contributed by atoms with Crippen LogP contribution in [0.5, 0.6) is 0 Å². The molecule has 0 atom stereocenters. The quantitative estimate of drug-likeness (QED) is 0.501. The van der Waals surface area contributed by atoms with E-state index in [1.807, 2.05) is 0 Å². The lowest BCUT2D eigenvalue weighted by atomic mass is 10.1. The van der Waals surface area contributed by atoms with Gasteiger partial charge >= 0.3 is 12.2 Å². The molecule has 0 radical (unpaired) electrons. The molecule has 1 fully saturated rings. The first-order chi connectivity index (χ1) is 14.7. The van der Waals surface area contributed by atoms with Crippen LogP contribution in [0.15, 0.2) is 48.5 Å².